The molecular weight excluding hydrogens is 282 g/mol. The first-order valence-corrected chi connectivity index (χ1v) is 6.67. The number of ether oxygens (including phenoxy) is 1. The number of nitrogens with zero attached hydrogens (tertiary/aromatic N) is 4. The van der Waals surface area contributed by atoms with E-state index in [1.54, 1.807) is 19.0 Å². The topological polar surface area (TPSA) is 70.6 Å². The molecule has 1 aromatic heterocycles. The Morgan fingerprint density at radius 2 is 2.35 bits per heavy atom. The van der Waals surface area contributed by atoms with Crippen LogP contribution in [0.5, 0.6) is 6.01 Å². The minimum atomic E-state index is -0.337. The van der Waals surface area contributed by atoms with Crippen molar-refractivity contribution in [1.82, 2.24) is 20.2 Å². The van der Waals surface area contributed by atoms with Crippen LogP contribution in [0.1, 0.15) is 0 Å². The molecule has 0 radical (unpaired) electrons. The first-order chi connectivity index (χ1) is 9.54. The molecule has 1 atom stereocenters. The van der Waals surface area contributed by atoms with E-state index in [1.165, 1.54) is 13.3 Å². The van der Waals surface area contributed by atoms with E-state index in [4.69, 9.17) is 16.3 Å². The molecule has 0 spiro atoms. The van der Waals surface area contributed by atoms with Crippen molar-refractivity contribution in [2.24, 2.45) is 0 Å². The number of nitrogens with one attached hydrogen (secondary N) is 1. The third-order valence-corrected chi connectivity index (χ3v) is 3.39. The van der Waals surface area contributed by atoms with Gasteiger partial charge in [0, 0.05) is 33.7 Å². The van der Waals surface area contributed by atoms with Crippen molar-refractivity contribution in [1.29, 1.82) is 0 Å². The quantitative estimate of drug-likeness (QED) is 0.847. The van der Waals surface area contributed by atoms with Gasteiger partial charge < -0.3 is 19.9 Å². The van der Waals surface area contributed by atoms with E-state index in [-0.39, 0.29) is 18.0 Å². The van der Waals surface area contributed by atoms with Gasteiger partial charge >= 0.3 is 6.01 Å². The van der Waals surface area contributed by atoms with Crippen molar-refractivity contribution in [2.45, 2.75) is 6.04 Å². The van der Waals surface area contributed by atoms with Gasteiger partial charge in [-0.1, -0.05) is 11.6 Å². The predicted octanol–water partition coefficient (Wildman–Crippen LogP) is 0.00500. The van der Waals surface area contributed by atoms with Gasteiger partial charge in [0.25, 0.3) is 0 Å². The van der Waals surface area contributed by atoms with Gasteiger partial charge in [-0.25, -0.2) is 4.98 Å². The first kappa shape index (κ1) is 14.8. The number of likely N-dealkylation sites (N-methyl/N-ethyl adjacent to an activating group) is 1. The highest BCUT2D eigenvalue weighted by Crippen LogP contribution is 2.27. The van der Waals surface area contributed by atoms with Crippen molar-refractivity contribution in [2.75, 3.05) is 45.7 Å². The standard InChI is InChI=1S/C12H18ClN5O2/c1-17(2)11(19)9-7-14-4-5-18(9)10-8(13)6-15-12(16-10)20-3/h6,9,14H,4-5,7H2,1-3H3. The Balaban J connectivity index is 2.34. The molecule has 0 aliphatic carbocycles. The molecule has 1 aromatic rings. The molecule has 8 heteroatoms. The van der Waals surface area contributed by atoms with Gasteiger partial charge in [0.1, 0.15) is 11.1 Å². The second-order valence-electron chi connectivity index (χ2n) is 4.67. The lowest BCUT2D eigenvalue weighted by molar-refractivity contribution is -0.130. The number of hydrogen-bond donors (Lipinski definition) is 1. The Bertz CT molecular complexity index is 497. The molecule has 1 unspecified atom stereocenters. The van der Waals surface area contributed by atoms with Crippen LogP contribution in [-0.4, -0.2) is 67.7 Å². The summed E-state index contributed by atoms with van der Waals surface area (Å²) in [5.74, 6) is 0.533. The van der Waals surface area contributed by atoms with Crippen molar-refractivity contribution in [3.63, 3.8) is 0 Å². The Morgan fingerprint density at radius 1 is 1.60 bits per heavy atom. The SMILES string of the molecule is COc1ncc(Cl)c(N2CCNCC2C(=O)N(C)C)n1. The summed E-state index contributed by atoms with van der Waals surface area (Å²) >= 11 is 6.17. The lowest BCUT2D eigenvalue weighted by atomic mass is 10.1. The molecule has 0 saturated carbocycles. The number of carbonyl (C=O) groups is 1. The average molecular weight is 300 g/mol. The molecule has 1 aliphatic heterocycles. The summed E-state index contributed by atoms with van der Waals surface area (Å²) in [6.07, 6.45) is 1.49. The average Bonchev–Trinajstić information content (AvgIpc) is 2.47. The molecule has 110 valence electrons. The fourth-order valence-electron chi connectivity index (χ4n) is 2.12. The number of halogens is 1. The van der Waals surface area contributed by atoms with E-state index < -0.39 is 0 Å². The molecule has 1 saturated heterocycles. The van der Waals surface area contributed by atoms with Gasteiger partial charge in [-0.05, 0) is 0 Å². The van der Waals surface area contributed by atoms with Crippen LogP contribution in [0.15, 0.2) is 6.20 Å². The molecule has 1 N–H and O–H groups in total. The third-order valence-electron chi connectivity index (χ3n) is 3.13. The number of anilines is 1. The molecule has 7 nitrogen and oxygen atoms in total. The van der Waals surface area contributed by atoms with Crippen molar-refractivity contribution < 1.29 is 9.53 Å². The second-order valence-corrected chi connectivity index (χ2v) is 5.08. The van der Waals surface area contributed by atoms with Crippen LogP contribution in [0.2, 0.25) is 5.02 Å². The zero-order valence-electron chi connectivity index (χ0n) is 11.8. The van der Waals surface area contributed by atoms with Crippen LogP contribution in [0, 0.1) is 0 Å². The highest BCUT2D eigenvalue weighted by atomic mass is 35.5. The molecule has 1 fully saturated rings. The van der Waals surface area contributed by atoms with E-state index in [0.29, 0.717) is 23.9 Å². The lowest BCUT2D eigenvalue weighted by Gasteiger charge is -2.37. The molecule has 2 heterocycles. The van der Waals surface area contributed by atoms with Gasteiger partial charge in [-0.15, -0.1) is 0 Å². The molecule has 0 aromatic carbocycles. The number of carbonyl (C=O) groups excluding carboxylic acids is 1. The maximum atomic E-state index is 12.3. The number of hydrogen-bond acceptors (Lipinski definition) is 6. The van der Waals surface area contributed by atoms with Gasteiger partial charge in [-0.3, -0.25) is 4.79 Å². The normalized spacial score (nSPS) is 18.8. The van der Waals surface area contributed by atoms with Crippen LogP contribution < -0.4 is 15.0 Å². The molecule has 20 heavy (non-hydrogen) atoms. The Labute approximate surface area is 122 Å². The summed E-state index contributed by atoms with van der Waals surface area (Å²) in [6.45, 7) is 1.96. The molecule has 1 amide bonds. The Hall–Kier alpha value is -1.60. The smallest absolute Gasteiger partial charge is 0.318 e. The van der Waals surface area contributed by atoms with Gasteiger partial charge in [0.15, 0.2) is 5.82 Å². The van der Waals surface area contributed by atoms with Crippen LogP contribution in [0.4, 0.5) is 5.82 Å². The molecular formula is C12H18ClN5O2. The van der Waals surface area contributed by atoms with Gasteiger partial charge in [0.05, 0.1) is 13.3 Å². The van der Waals surface area contributed by atoms with E-state index in [9.17, 15) is 4.79 Å². The summed E-state index contributed by atoms with van der Waals surface area (Å²) in [5, 5.41) is 3.62. The van der Waals surface area contributed by atoms with Crippen LogP contribution >= 0.6 is 11.6 Å². The molecule has 2 rings (SSSR count). The summed E-state index contributed by atoms with van der Waals surface area (Å²) in [7, 11) is 4.96. The third kappa shape index (κ3) is 2.94. The van der Waals surface area contributed by atoms with Crippen molar-refractivity contribution >= 4 is 23.3 Å². The highest BCUT2D eigenvalue weighted by molar-refractivity contribution is 6.32. The maximum absolute atomic E-state index is 12.3. The van der Waals surface area contributed by atoms with E-state index in [1.807, 2.05) is 4.90 Å². The van der Waals surface area contributed by atoms with Gasteiger partial charge in [0.2, 0.25) is 5.91 Å². The highest BCUT2D eigenvalue weighted by Gasteiger charge is 2.32. The van der Waals surface area contributed by atoms with Crippen LogP contribution in [0.25, 0.3) is 0 Å². The first-order valence-electron chi connectivity index (χ1n) is 6.29. The monoisotopic (exact) mass is 299 g/mol. The van der Waals surface area contributed by atoms with Crippen molar-refractivity contribution in [3.05, 3.63) is 11.2 Å². The minimum Gasteiger partial charge on any atom is -0.467 e. The second kappa shape index (κ2) is 6.23. The Morgan fingerprint density at radius 3 is 3.00 bits per heavy atom. The Kier molecular flexibility index (Phi) is 4.61. The zero-order chi connectivity index (χ0) is 14.7. The minimum absolute atomic E-state index is 0.00541. The largest absolute Gasteiger partial charge is 0.467 e. The number of rotatable bonds is 3. The summed E-state index contributed by atoms with van der Waals surface area (Å²) in [4.78, 5) is 24.0. The zero-order valence-corrected chi connectivity index (χ0v) is 12.5. The van der Waals surface area contributed by atoms with Gasteiger partial charge in [-0.2, -0.15) is 4.98 Å². The van der Waals surface area contributed by atoms with E-state index in [2.05, 4.69) is 15.3 Å². The fraction of sp³-hybridized carbons (Fsp3) is 0.583. The van der Waals surface area contributed by atoms with Crippen LogP contribution in [-0.2, 0) is 4.79 Å². The van der Waals surface area contributed by atoms with Crippen LogP contribution in [0.3, 0.4) is 0 Å². The maximum Gasteiger partial charge on any atom is 0.318 e. The number of amides is 1. The number of methoxy groups -OCH3 is 1. The molecule has 1 aliphatic rings. The van der Waals surface area contributed by atoms with E-state index in [0.717, 1.165) is 6.54 Å². The molecule has 0 bridgehead atoms. The lowest BCUT2D eigenvalue weighted by Crippen LogP contribution is -2.58. The van der Waals surface area contributed by atoms with E-state index >= 15 is 0 Å². The predicted molar refractivity (Wildman–Crippen MR) is 76.3 cm³/mol. The number of aromatic nitrogens is 2. The summed E-state index contributed by atoms with van der Waals surface area (Å²) in [6, 6.07) is -0.102. The summed E-state index contributed by atoms with van der Waals surface area (Å²) < 4.78 is 5.03. The number of piperazine rings is 1. The van der Waals surface area contributed by atoms with Crippen molar-refractivity contribution in [3.8, 4) is 6.01 Å². The fourth-order valence-corrected chi connectivity index (χ4v) is 2.32. The summed E-state index contributed by atoms with van der Waals surface area (Å²) in [5.41, 5.74) is 0.